The monoisotopic (exact) mass is 209 g/mol. The SMILES string of the molecule is Cn1cnc2cc(Cl)cc(CCN)c21. The largest absolute Gasteiger partial charge is 0.334 e. The van der Waals surface area contributed by atoms with Crippen LogP contribution in [0.5, 0.6) is 0 Å². The zero-order valence-corrected chi connectivity index (χ0v) is 8.75. The number of halogens is 1. The minimum absolute atomic E-state index is 0.626. The molecule has 2 N–H and O–H groups in total. The highest BCUT2D eigenvalue weighted by atomic mass is 35.5. The topological polar surface area (TPSA) is 43.8 Å². The summed E-state index contributed by atoms with van der Waals surface area (Å²) < 4.78 is 2.00. The van der Waals surface area contributed by atoms with Crippen molar-refractivity contribution in [3.63, 3.8) is 0 Å². The van der Waals surface area contributed by atoms with Crippen LogP contribution < -0.4 is 5.73 Å². The summed E-state index contributed by atoms with van der Waals surface area (Å²) in [6, 6.07) is 3.83. The van der Waals surface area contributed by atoms with Crippen molar-refractivity contribution in [2.45, 2.75) is 6.42 Å². The number of fused-ring (bicyclic) bond motifs is 1. The standard InChI is InChI=1S/C10H12ClN3/c1-14-6-13-9-5-8(11)4-7(2-3-12)10(9)14/h4-6H,2-3,12H2,1H3. The summed E-state index contributed by atoms with van der Waals surface area (Å²) in [6.45, 7) is 0.626. The van der Waals surface area contributed by atoms with Crippen LogP contribution in [0.1, 0.15) is 5.56 Å². The van der Waals surface area contributed by atoms with Crippen molar-refractivity contribution in [1.82, 2.24) is 9.55 Å². The number of rotatable bonds is 2. The molecule has 0 unspecified atom stereocenters. The van der Waals surface area contributed by atoms with Crippen LogP contribution in [0, 0.1) is 0 Å². The lowest BCUT2D eigenvalue weighted by molar-refractivity contribution is 0.919. The van der Waals surface area contributed by atoms with Gasteiger partial charge in [0.1, 0.15) is 0 Å². The Morgan fingerprint density at radius 1 is 1.50 bits per heavy atom. The van der Waals surface area contributed by atoms with E-state index in [1.807, 2.05) is 23.7 Å². The van der Waals surface area contributed by atoms with Crippen LogP contribution in [-0.4, -0.2) is 16.1 Å². The summed E-state index contributed by atoms with van der Waals surface area (Å²) in [4.78, 5) is 4.26. The van der Waals surface area contributed by atoms with Crippen LogP contribution in [-0.2, 0) is 13.5 Å². The van der Waals surface area contributed by atoms with Gasteiger partial charge in [0.2, 0.25) is 0 Å². The third kappa shape index (κ3) is 1.49. The molecule has 3 nitrogen and oxygen atoms in total. The maximum absolute atomic E-state index is 5.98. The van der Waals surface area contributed by atoms with Crippen LogP contribution in [0.15, 0.2) is 18.5 Å². The zero-order chi connectivity index (χ0) is 10.1. The van der Waals surface area contributed by atoms with Crippen molar-refractivity contribution in [3.05, 3.63) is 29.0 Å². The maximum Gasteiger partial charge on any atom is 0.0955 e. The van der Waals surface area contributed by atoms with Crippen molar-refractivity contribution in [2.75, 3.05) is 6.54 Å². The van der Waals surface area contributed by atoms with Crippen LogP contribution >= 0.6 is 11.6 Å². The van der Waals surface area contributed by atoms with Gasteiger partial charge >= 0.3 is 0 Å². The molecule has 74 valence electrons. The molecule has 1 aromatic carbocycles. The molecule has 1 heterocycles. The Balaban J connectivity index is 2.70. The molecule has 0 saturated carbocycles. The van der Waals surface area contributed by atoms with Gasteiger partial charge in [0.05, 0.1) is 17.4 Å². The normalized spacial score (nSPS) is 11.1. The van der Waals surface area contributed by atoms with Gasteiger partial charge in [-0.2, -0.15) is 0 Å². The quantitative estimate of drug-likeness (QED) is 0.819. The Morgan fingerprint density at radius 2 is 2.29 bits per heavy atom. The molecular weight excluding hydrogens is 198 g/mol. The zero-order valence-electron chi connectivity index (χ0n) is 8.00. The Bertz CT molecular complexity index is 462. The fourth-order valence-electron chi connectivity index (χ4n) is 1.70. The van der Waals surface area contributed by atoms with E-state index in [1.54, 1.807) is 6.33 Å². The Hall–Kier alpha value is -1.06. The molecular formula is C10H12ClN3. The maximum atomic E-state index is 5.98. The molecule has 0 spiro atoms. The van der Waals surface area contributed by atoms with Gasteiger partial charge in [-0.25, -0.2) is 4.98 Å². The molecule has 1 aromatic heterocycles. The molecule has 0 aliphatic heterocycles. The molecule has 2 aromatic rings. The number of imidazole rings is 1. The van der Waals surface area contributed by atoms with Gasteiger partial charge in [0, 0.05) is 12.1 Å². The summed E-state index contributed by atoms with van der Waals surface area (Å²) >= 11 is 5.98. The van der Waals surface area contributed by atoms with E-state index in [0.29, 0.717) is 6.54 Å². The molecule has 0 amide bonds. The molecule has 0 saturated heterocycles. The van der Waals surface area contributed by atoms with E-state index in [4.69, 9.17) is 17.3 Å². The highest BCUT2D eigenvalue weighted by Gasteiger charge is 2.06. The van der Waals surface area contributed by atoms with E-state index < -0.39 is 0 Å². The third-order valence-corrected chi connectivity index (χ3v) is 2.49. The van der Waals surface area contributed by atoms with Gasteiger partial charge in [0.15, 0.2) is 0 Å². The fraction of sp³-hybridized carbons (Fsp3) is 0.300. The minimum atomic E-state index is 0.626. The number of aryl methyl sites for hydroxylation is 1. The molecule has 0 aliphatic rings. The molecule has 0 radical (unpaired) electrons. The second-order valence-electron chi connectivity index (χ2n) is 3.33. The Kier molecular flexibility index (Phi) is 2.44. The van der Waals surface area contributed by atoms with E-state index in [2.05, 4.69) is 4.98 Å². The van der Waals surface area contributed by atoms with E-state index in [1.165, 1.54) is 0 Å². The molecule has 0 bridgehead atoms. The first-order valence-electron chi connectivity index (χ1n) is 4.52. The van der Waals surface area contributed by atoms with E-state index >= 15 is 0 Å². The summed E-state index contributed by atoms with van der Waals surface area (Å²) in [5.74, 6) is 0. The van der Waals surface area contributed by atoms with Crippen molar-refractivity contribution < 1.29 is 0 Å². The lowest BCUT2D eigenvalue weighted by Crippen LogP contribution is -2.04. The van der Waals surface area contributed by atoms with Gasteiger partial charge < -0.3 is 10.3 Å². The third-order valence-electron chi connectivity index (χ3n) is 2.27. The lowest BCUT2D eigenvalue weighted by Gasteiger charge is -2.04. The van der Waals surface area contributed by atoms with Crippen LogP contribution in [0.4, 0.5) is 0 Å². The van der Waals surface area contributed by atoms with Crippen molar-refractivity contribution in [1.29, 1.82) is 0 Å². The van der Waals surface area contributed by atoms with Crippen molar-refractivity contribution >= 4 is 22.6 Å². The average molecular weight is 210 g/mol. The van der Waals surface area contributed by atoms with E-state index in [9.17, 15) is 0 Å². The van der Waals surface area contributed by atoms with Gasteiger partial charge in [-0.05, 0) is 30.7 Å². The number of nitrogens with zero attached hydrogens (tertiary/aromatic N) is 2. The second-order valence-corrected chi connectivity index (χ2v) is 3.76. The lowest BCUT2D eigenvalue weighted by atomic mass is 10.1. The van der Waals surface area contributed by atoms with Crippen LogP contribution in [0.3, 0.4) is 0 Å². The van der Waals surface area contributed by atoms with Gasteiger partial charge in [-0.3, -0.25) is 0 Å². The smallest absolute Gasteiger partial charge is 0.0955 e. The van der Waals surface area contributed by atoms with Crippen LogP contribution in [0.2, 0.25) is 5.02 Å². The van der Waals surface area contributed by atoms with Crippen molar-refractivity contribution in [2.24, 2.45) is 12.8 Å². The minimum Gasteiger partial charge on any atom is -0.334 e. The summed E-state index contributed by atoms with van der Waals surface area (Å²) in [7, 11) is 1.98. The van der Waals surface area contributed by atoms with E-state index in [-0.39, 0.29) is 0 Å². The second kappa shape index (κ2) is 3.59. The molecule has 14 heavy (non-hydrogen) atoms. The number of hydrogen-bond acceptors (Lipinski definition) is 2. The first kappa shape index (κ1) is 9.49. The summed E-state index contributed by atoms with van der Waals surface area (Å²) in [5, 5.41) is 0.722. The Labute approximate surface area is 87.5 Å². The molecule has 0 aliphatic carbocycles. The first-order valence-corrected chi connectivity index (χ1v) is 4.89. The van der Waals surface area contributed by atoms with Gasteiger partial charge in [0.25, 0.3) is 0 Å². The predicted octanol–water partition coefficient (Wildman–Crippen LogP) is 1.73. The first-order chi connectivity index (χ1) is 6.72. The number of benzene rings is 1. The highest BCUT2D eigenvalue weighted by Crippen LogP contribution is 2.22. The number of nitrogens with two attached hydrogens (primary N) is 1. The summed E-state index contributed by atoms with van der Waals surface area (Å²) in [5.41, 5.74) is 8.77. The molecule has 0 fully saturated rings. The predicted molar refractivity (Wildman–Crippen MR) is 58.5 cm³/mol. The average Bonchev–Trinajstić information content (AvgIpc) is 2.48. The Morgan fingerprint density at radius 3 is 3.00 bits per heavy atom. The molecule has 0 atom stereocenters. The van der Waals surface area contributed by atoms with Gasteiger partial charge in [-0.1, -0.05) is 11.6 Å². The fourth-order valence-corrected chi connectivity index (χ4v) is 1.93. The van der Waals surface area contributed by atoms with Crippen LogP contribution in [0.25, 0.3) is 11.0 Å². The van der Waals surface area contributed by atoms with Crippen molar-refractivity contribution in [3.8, 4) is 0 Å². The van der Waals surface area contributed by atoms with E-state index in [0.717, 1.165) is 28.0 Å². The molecule has 2 rings (SSSR count). The number of aromatic nitrogens is 2. The number of hydrogen-bond donors (Lipinski definition) is 1. The van der Waals surface area contributed by atoms with Gasteiger partial charge in [-0.15, -0.1) is 0 Å². The highest BCUT2D eigenvalue weighted by molar-refractivity contribution is 6.31. The molecule has 4 heteroatoms. The summed E-state index contributed by atoms with van der Waals surface area (Å²) in [6.07, 6.45) is 2.62.